The molecular weight excluding hydrogens is 482 g/mol. The highest BCUT2D eigenvalue weighted by Gasteiger charge is 2.27. The van der Waals surface area contributed by atoms with Crippen LogP contribution < -0.4 is 4.74 Å². The number of rotatable bonds is 8. The summed E-state index contributed by atoms with van der Waals surface area (Å²) in [5, 5.41) is 6.88. The van der Waals surface area contributed by atoms with Crippen molar-refractivity contribution in [2.24, 2.45) is 0 Å². The highest BCUT2D eigenvalue weighted by atomic mass is 32.2. The van der Waals surface area contributed by atoms with E-state index in [0.29, 0.717) is 29.7 Å². The number of fused-ring (bicyclic) bond motifs is 2. The van der Waals surface area contributed by atoms with Crippen molar-refractivity contribution in [3.05, 3.63) is 96.6 Å². The van der Waals surface area contributed by atoms with Crippen LogP contribution in [-0.2, 0) is 16.4 Å². The van der Waals surface area contributed by atoms with Crippen LogP contribution in [0.1, 0.15) is 18.4 Å². The monoisotopic (exact) mass is 511 g/mol. The molecule has 1 aliphatic heterocycles. The topological polar surface area (TPSA) is 64.4 Å². The minimum atomic E-state index is -3.91. The van der Waals surface area contributed by atoms with Crippen LogP contribution in [0.5, 0.6) is 5.75 Å². The lowest BCUT2D eigenvalue weighted by Gasteiger charge is -2.15. The molecular formula is C30H29N3O3S. The Hall–Kier alpha value is -3.68. The highest BCUT2D eigenvalue weighted by molar-refractivity contribution is 7.91. The fourth-order valence-corrected chi connectivity index (χ4v) is 6.73. The lowest BCUT2D eigenvalue weighted by atomic mass is 10.1. The SMILES string of the molecule is O=S(=O)(c1cccc2ccccc12)c1nn(Cc2ccccc2)c2ccc(OCCN3CCCC3)cc12. The lowest BCUT2D eigenvalue weighted by molar-refractivity contribution is 0.238. The number of sulfone groups is 1. The molecule has 1 saturated heterocycles. The molecule has 1 aliphatic rings. The van der Waals surface area contributed by atoms with Gasteiger partial charge in [0.1, 0.15) is 12.4 Å². The van der Waals surface area contributed by atoms with Gasteiger partial charge >= 0.3 is 0 Å². The highest BCUT2D eigenvalue weighted by Crippen LogP contribution is 2.34. The number of benzene rings is 4. The van der Waals surface area contributed by atoms with E-state index >= 15 is 0 Å². The Morgan fingerprint density at radius 3 is 2.41 bits per heavy atom. The molecule has 0 atom stereocenters. The third-order valence-corrected chi connectivity index (χ3v) is 8.78. The van der Waals surface area contributed by atoms with Crippen molar-refractivity contribution >= 4 is 31.5 Å². The van der Waals surface area contributed by atoms with Gasteiger partial charge in [0.2, 0.25) is 9.84 Å². The smallest absolute Gasteiger partial charge is 0.226 e. The van der Waals surface area contributed by atoms with Crippen LogP contribution in [0.4, 0.5) is 0 Å². The van der Waals surface area contributed by atoms with Crippen LogP contribution in [0.2, 0.25) is 0 Å². The first-order valence-corrected chi connectivity index (χ1v) is 14.2. The molecule has 0 aliphatic carbocycles. The maximum atomic E-state index is 14.1. The second-order valence-electron chi connectivity index (χ2n) is 9.51. The third-order valence-electron chi connectivity index (χ3n) is 7.03. The molecule has 6 nitrogen and oxygen atoms in total. The van der Waals surface area contributed by atoms with Crippen LogP contribution in [0.3, 0.4) is 0 Å². The molecule has 1 aromatic heterocycles. The molecule has 7 heteroatoms. The summed E-state index contributed by atoms with van der Waals surface area (Å²) in [5.41, 5.74) is 1.81. The fraction of sp³-hybridized carbons (Fsp3) is 0.233. The second-order valence-corrected chi connectivity index (χ2v) is 11.3. The molecule has 2 heterocycles. The Bertz CT molecular complexity index is 1650. The molecule has 0 unspecified atom stereocenters. The van der Waals surface area contributed by atoms with Crippen LogP contribution in [0.15, 0.2) is 101 Å². The maximum absolute atomic E-state index is 14.1. The zero-order chi connectivity index (χ0) is 25.2. The van der Waals surface area contributed by atoms with Gasteiger partial charge in [0, 0.05) is 17.3 Å². The van der Waals surface area contributed by atoms with Crippen LogP contribution >= 0.6 is 0 Å². The van der Waals surface area contributed by atoms with E-state index in [1.54, 1.807) is 16.8 Å². The van der Waals surface area contributed by atoms with E-state index in [-0.39, 0.29) is 9.92 Å². The summed E-state index contributed by atoms with van der Waals surface area (Å²) in [6.07, 6.45) is 2.48. The summed E-state index contributed by atoms with van der Waals surface area (Å²) in [5.74, 6) is 0.653. The molecule has 0 saturated carbocycles. The van der Waals surface area contributed by atoms with Gasteiger partial charge in [-0.1, -0.05) is 66.7 Å². The van der Waals surface area contributed by atoms with Gasteiger partial charge in [-0.15, -0.1) is 0 Å². The average molecular weight is 512 g/mol. The minimum Gasteiger partial charge on any atom is -0.492 e. The zero-order valence-electron chi connectivity index (χ0n) is 20.6. The Morgan fingerprint density at radius 1 is 0.811 bits per heavy atom. The fourth-order valence-electron chi connectivity index (χ4n) is 5.13. The number of ether oxygens (including phenoxy) is 1. The van der Waals surface area contributed by atoms with E-state index < -0.39 is 9.84 Å². The molecule has 37 heavy (non-hydrogen) atoms. The summed E-state index contributed by atoms with van der Waals surface area (Å²) >= 11 is 0. The van der Waals surface area contributed by atoms with Gasteiger partial charge in [-0.25, -0.2) is 8.42 Å². The van der Waals surface area contributed by atoms with Gasteiger partial charge in [0.25, 0.3) is 0 Å². The third kappa shape index (κ3) is 4.72. The van der Waals surface area contributed by atoms with E-state index in [2.05, 4.69) is 10.00 Å². The molecule has 0 N–H and O–H groups in total. The largest absolute Gasteiger partial charge is 0.492 e. The summed E-state index contributed by atoms with van der Waals surface area (Å²) < 4.78 is 36.1. The van der Waals surface area contributed by atoms with Crippen LogP contribution in [0, 0.1) is 0 Å². The summed E-state index contributed by atoms with van der Waals surface area (Å²) in [7, 11) is -3.91. The lowest BCUT2D eigenvalue weighted by Crippen LogP contribution is -2.25. The molecule has 4 aromatic carbocycles. The first kappa shape index (κ1) is 23.7. The Morgan fingerprint density at radius 2 is 1.57 bits per heavy atom. The number of nitrogens with zero attached hydrogens (tertiary/aromatic N) is 3. The number of hydrogen-bond donors (Lipinski definition) is 0. The molecule has 6 rings (SSSR count). The molecule has 0 radical (unpaired) electrons. The normalized spacial score (nSPS) is 14.5. The zero-order valence-corrected chi connectivity index (χ0v) is 21.4. The van der Waals surface area contributed by atoms with E-state index in [9.17, 15) is 8.42 Å². The van der Waals surface area contributed by atoms with Crippen molar-refractivity contribution < 1.29 is 13.2 Å². The van der Waals surface area contributed by atoms with Gasteiger partial charge in [-0.3, -0.25) is 9.58 Å². The van der Waals surface area contributed by atoms with Crippen LogP contribution in [0.25, 0.3) is 21.7 Å². The van der Waals surface area contributed by atoms with Crippen molar-refractivity contribution in [1.82, 2.24) is 14.7 Å². The Labute approximate surface area is 217 Å². The van der Waals surface area contributed by atoms with Gasteiger partial charge in [-0.05, 0) is 61.1 Å². The van der Waals surface area contributed by atoms with Crippen molar-refractivity contribution in [3.63, 3.8) is 0 Å². The van der Waals surface area contributed by atoms with E-state index in [1.165, 1.54) is 12.8 Å². The summed E-state index contributed by atoms with van der Waals surface area (Å²) in [6.45, 7) is 4.13. The van der Waals surface area contributed by atoms with Gasteiger partial charge in [-0.2, -0.15) is 5.10 Å². The standard InChI is InChI=1S/C30H29N3O3S/c34-37(35,29-14-8-12-24-11-4-5-13-26(24)29)30-27-21-25(36-20-19-32-17-6-7-18-32)15-16-28(27)33(31-30)22-23-9-2-1-3-10-23/h1-5,8-16,21H,6-7,17-20,22H2. The van der Waals surface area contributed by atoms with Crippen molar-refractivity contribution in [3.8, 4) is 5.75 Å². The summed E-state index contributed by atoms with van der Waals surface area (Å²) in [4.78, 5) is 2.66. The number of hydrogen-bond acceptors (Lipinski definition) is 5. The molecule has 5 aromatic rings. The molecule has 188 valence electrons. The number of likely N-dealkylation sites (tertiary alicyclic amines) is 1. The van der Waals surface area contributed by atoms with Crippen molar-refractivity contribution in [2.75, 3.05) is 26.2 Å². The predicted octanol–water partition coefficient (Wildman–Crippen LogP) is 5.55. The Kier molecular flexibility index (Phi) is 6.40. The van der Waals surface area contributed by atoms with Crippen LogP contribution in [-0.4, -0.2) is 49.3 Å². The summed E-state index contributed by atoms with van der Waals surface area (Å²) in [6, 6.07) is 28.5. The first-order valence-electron chi connectivity index (χ1n) is 12.7. The van der Waals surface area contributed by atoms with E-state index in [4.69, 9.17) is 4.74 Å². The first-order chi connectivity index (χ1) is 18.1. The van der Waals surface area contributed by atoms with Gasteiger partial charge in [0.15, 0.2) is 5.03 Å². The minimum absolute atomic E-state index is 0.0553. The predicted molar refractivity (Wildman–Crippen MR) is 146 cm³/mol. The van der Waals surface area contributed by atoms with Gasteiger partial charge < -0.3 is 4.74 Å². The molecule has 0 spiro atoms. The van der Waals surface area contributed by atoms with Crippen molar-refractivity contribution in [2.45, 2.75) is 29.3 Å². The van der Waals surface area contributed by atoms with Crippen molar-refractivity contribution in [1.29, 1.82) is 0 Å². The average Bonchev–Trinajstić information content (AvgIpc) is 3.57. The Balaban J connectivity index is 1.43. The molecule has 0 amide bonds. The molecule has 1 fully saturated rings. The quantitative estimate of drug-likeness (QED) is 0.274. The van der Waals surface area contributed by atoms with E-state index in [0.717, 1.165) is 36.1 Å². The number of aromatic nitrogens is 2. The second kappa shape index (κ2) is 10.00. The maximum Gasteiger partial charge on any atom is 0.226 e. The van der Waals surface area contributed by atoms with E-state index in [1.807, 2.05) is 78.9 Å². The molecule has 0 bridgehead atoms. The van der Waals surface area contributed by atoms with Gasteiger partial charge in [0.05, 0.1) is 17.0 Å².